The minimum Gasteiger partial charge on any atom is -0.397 e. The monoisotopic (exact) mass is 237 g/mol. The Morgan fingerprint density at radius 3 is 2.94 bits per heavy atom. The quantitative estimate of drug-likeness (QED) is 0.504. The van der Waals surface area contributed by atoms with Crippen LogP contribution >= 0.6 is 0 Å². The summed E-state index contributed by atoms with van der Waals surface area (Å²) in [6.07, 6.45) is 0. The lowest BCUT2D eigenvalue weighted by Gasteiger charge is -2.11. The first-order valence-electron chi connectivity index (χ1n) is 5.49. The third-order valence-corrected chi connectivity index (χ3v) is 2.39. The summed E-state index contributed by atoms with van der Waals surface area (Å²) in [6, 6.07) is 5.68. The fraction of sp³-hybridized carbons (Fsp3) is 0.417. The number of para-hydroxylation sites is 1. The molecule has 5 heteroatoms. The predicted octanol–water partition coefficient (Wildman–Crippen LogP) is 0.752. The molecule has 5 nitrogen and oxygen atoms in total. The Labute approximate surface area is 101 Å². The number of carbonyl (C=O) groups is 1. The van der Waals surface area contributed by atoms with E-state index >= 15 is 0 Å². The number of benzene rings is 1. The fourth-order valence-electron chi connectivity index (χ4n) is 1.37. The van der Waals surface area contributed by atoms with E-state index < -0.39 is 0 Å². The van der Waals surface area contributed by atoms with Crippen molar-refractivity contribution in [2.75, 3.05) is 37.9 Å². The van der Waals surface area contributed by atoms with Crippen molar-refractivity contribution in [3.05, 3.63) is 23.8 Å². The van der Waals surface area contributed by atoms with Crippen LogP contribution in [-0.4, -0.2) is 32.7 Å². The number of amides is 1. The average Bonchev–Trinajstić information content (AvgIpc) is 2.31. The Morgan fingerprint density at radius 2 is 2.24 bits per heavy atom. The van der Waals surface area contributed by atoms with Crippen LogP contribution in [0.3, 0.4) is 0 Å². The Bertz CT molecular complexity index is 380. The van der Waals surface area contributed by atoms with Crippen LogP contribution in [0.2, 0.25) is 0 Å². The molecule has 0 saturated carbocycles. The first-order valence-corrected chi connectivity index (χ1v) is 5.49. The molecule has 0 radical (unpaired) electrons. The normalized spacial score (nSPS) is 10.0. The molecule has 94 valence electrons. The summed E-state index contributed by atoms with van der Waals surface area (Å²) in [5.74, 6) is -0.0806. The zero-order chi connectivity index (χ0) is 12.7. The number of aryl methyl sites for hydroxylation is 1. The Hall–Kier alpha value is -1.75. The minimum atomic E-state index is -0.0806. The summed E-state index contributed by atoms with van der Waals surface area (Å²) >= 11 is 0. The van der Waals surface area contributed by atoms with Gasteiger partial charge in [-0.25, -0.2) is 0 Å². The third kappa shape index (κ3) is 4.32. The maximum atomic E-state index is 11.4. The molecule has 0 unspecified atom stereocenters. The van der Waals surface area contributed by atoms with Gasteiger partial charge in [0.25, 0.3) is 0 Å². The van der Waals surface area contributed by atoms with E-state index in [4.69, 9.17) is 10.5 Å². The van der Waals surface area contributed by atoms with Crippen LogP contribution < -0.4 is 16.4 Å². The Balaban J connectivity index is 2.39. The van der Waals surface area contributed by atoms with Crippen LogP contribution in [-0.2, 0) is 9.53 Å². The van der Waals surface area contributed by atoms with Gasteiger partial charge in [-0.1, -0.05) is 12.1 Å². The van der Waals surface area contributed by atoms with E-state index in [0.717, 1.165) is 11.3 Å². The van der Waals surface area contributed by atoms with Gasteiger partial charge >= 0.3 is 0 Å². The molecule has 4 N–H and O–H groups in total. The maximum Gasteiger partial charge on any atom is 0.239 e. The van der Waals surface area contributed by atoms with Gasteiger partial charge < -0.3 is 21.1 Å². The van der Waals surface area contributed by atoms with Gasteiger partial charge in [0.2, 0.25) is 5.91 Å². The summed E-state index contributed by atoms with van der Waals surface area (Å²) in [6.45, 7) is 3.16. The first-order chi connectivity index (χ1) is 8.15. The van der Waals surface area contributed by atoms with Crippen molar-refractivity contribution < 1.29 is 9.53 Å². The van der Waals surface area contributed by atoms with Crippen molar-refractivity contribution in [2.45, 2.75) is 6.92 Å². The maximum absolute atomic E-state index is 11.4. The number of hydrogen-bond donors (Lipinski definition) is 3. The van der Waals surface area contributed by atoms with Crippen molar-refractivity contribution in [2.24, 2.45) is 0 Å². The van der Waals surface area contributed by atoms with Gasteiger partial charge in [0.05, 0.1) is 24.5 Å². The minimum absolute atomic E-state index is 0.0806. The lowest BCUT2D eigenvalue weighted by atomic mass is 10.2. The molecule has 0 fully saturated rings. The van der Waals surface area contributed by atoms with Gasteiger partial charge in [-0.15, -0.1) is 0 Å². The van der Waals surface area contributed by atoms with Crippen molar-refractivity contribution >= 4 is 17.3 Å². The molecule has 0 bridgehead atoms. The van der Waals surface area contributed by atoms with Gasteiger partial charge in [-0.3, -0.25) is 4.79 Å². The first kappa shape index (κ1) is 13.3. The molecule has 0 aromatic heterocycles. The summed E-state index contributed by atoms with van der Waals surface area (Å²) in [7, 11) is 1.60. The summed E-state index contributed by atoms with van der Waals surface area (Å²) < 4.78 is 4.83. The van der Waals surface area contributed by atoms with Crippen LogP contribution in [0.25, 0.3) is 0 Å². The number of anilines is 2. The topological polar surface area (TPSA) is 76.4 Å². The van der Waals surface area contributed by atoms with Gasteiger partial charge in [0, 0.05) is 13.7 Å². The van der Waals surface area contributed by atoms with Crippen molar-refractivity contribution in [1.82, 2.24) is 5.32 Å². The number of nitrogens with two attached hydrogens (primary N) is 1. The lowest BCUT2D eigenvalue weighted by Crippen LogP contribution is -2.32. The van der Waals surface area contributed by atoms with Crippen molar-refractivity contribution in [3.8, 4) is 0 Å². The van der Waals surface area contributed by atoms with E-state index in [1.54, 1.807) is 7.11 Å². The molecule has 1 amide bonds. The summed E-state index contributed by atoms with van der Waals surface area (Å²) in [5.41, 5.74) is 8.33. The lowest BCUT2D eigenvalue weighted by molar-refractivity contribution is -0.119. The molecule has 0 atom stereocenters. The van der Waals surface area contributed by atoms with Crippen LogP contribution in [0.4, 0.5) is 11.4 Å². The highest BCUT2D eigenvalue weighted by atomic mass is 16.5. The number of methoxy groups -OCH3 is 1. The number of hydrogen-bond acceptors (Lipinski definition) is 4. The number of ether oxygens (including phenoxy) is 1. The fourth-order valence-corrected chi connectivity index (χ4v) is 1.37. The van der Waals surface area contributed by atoms with Crippen molar-refractivity contribution in [3.63, 3.8) is 0 Å². The van der Waals surface area contributed by atoms with Gasteiger partial charge in [0.15, 0.2) is 0 Å². The molecule has 0 aliphatic heterocycles. The number of nitrogens with one attached hydrogen (secondary N) is 2. The predicted molar refractivity (Wildman–Crippen MR) is 69.0 cm³/mol. The average molecular weight is 237 g/mol. The number of carbonyl (C=O) groups excluding carboxylic acids is 1. The molecule has 0 aliphatic rings. The molecular weight excluding hydrogens is 218 g/mol. The largest absolute Gasteiger partial charge is 0.397 e. The SMILES string of the molecule is COCCNC(=O)CNc1cccc(C)c1N. The van der Waals surface area contributed by atoms with E-state index in [1.807, 2.05) is 25.1 Å². The molecule has 0 heterocycles. The highest BCUT2D eigenvalue weighted by Crippen LogP contribution is 2.21. The zero-order valence-corrected chi connectivity index (χ0v) is 10.2. The van der Waals surface area contributed by atoms with Crippen LogP contribution in [0.15, 0.2) is 18.2 Å². The van der Waals surface area contributed by atoms with Gasteiger partial charge in [-0.05, 0) is 18.6 Å². The second-order valence-corrected chi connectivity index (χ2v) is 3.73. The second-order valence-electron chi connectivity index (χ2n) is 3.73. The van der Waals surface area contributed by atoms with Gasteiger partial charge in [0.1, 0.15) is 0 Å². The second kappa shape index (κ2) is 6.75. The number of nitrogen functional groups attached to an aromatic ring is 1. The van der Waals surface area contributed by atoms with E-state index in [0.29, 0.717) is 18.8 Å². The highest BCUT2D eigenvalue weighted by molar-refractivity contribution is 5.82. The molecule has 0 aliphatic carbocycles. The molecule has 1 aromatic rings. The van der Waals surface area contributed by atoms with E-state index in [9.17, 15) is 4.79 Å². The summed E-state index contributed by atoms with van der Waals surface area (Å²) in [5, 5.41) is 5.72. The molecular formula is C12H19N3O2. The molecule has 17 heavy (non-hydrogen) atoms. The van der Waals surface area contributed by atoms with Gasteiger partial charge in [-0.2, -0.15) is 0 Å². The van der Waals surface area contributed by atoms with E-state index in [-0.39, 0.29) is 12.5 Å². The number of rotatable bonds is 6. The zero-order valence-electron chi connectivity index (χ0n) is 10.2. The summed E-state index contributed by atoms with van der Waals surface area (Å²) in [4.78, 5) is 11.4. The Morgan fingerprint density at radius 1 is 1.47 bits per heavy atom. The van der Waals surface area contributed by atoms with Crippen LogP contribution in [0.5, 0.6) is 0 Å². The molecule has 0 saturated heterocycles. The standard InChI is InChI=1S/C12H19N3O2/c1-9-4-3-5-10(12(9)13)15-8-11(16)14-6-7-17-2/h3-5,15H,6-8,13H2,1-2H3,(H,14,16). The van der Waals surface area contributed by atoms with E-state index in [1.165, 1.54) is 0 Å². The van der Waals surface area contributed by atoms with Crippen molar-refractivity contribution in [1.29, 1.82) is 0 Å². The molecule has 1 rings (SSSR count). The van der Waals surface area contributed by atoms with E-state index in [2.05, 4.69) is 10.6 Å². The third-order valence-electron chi connectivity index (χ3n) is 2.39. The smallest absolute Gasteiger partial charge is 0.239 e. The molecule has 1 aromatic carbocycles. The van der Waals surface area contributed by atoms with Crippen LogP contribution in [0.1, 0.15) is 5.56 Å². The van der Waals surface area contributed by atoms with Crippen LogP contribution in [0, 0.1) is 6.92 Å². The Kier molecular flexibility index (Phi) is 5.29. The highest BCUT2D eigenvalue weighted by Gasteiger charge is 2.03. The molecule has 0 spiro atoms.